The fourth-order valence-corrected chi connectivity index (χ4v) is 4.28. The minimum atomic E-state index is -4.71. The van der Waals surface area contributed by atoms with E-state index in [0.29, 0.717) is 17.7 Å². The van der Waals surface area contributed by atoms with Gasteiger partial charge in [-0.2, -0.15) is 26.7 Å². The van der Waals surface area contributed by atoms with Gasteiger partial charge in [-0.25, -0.2) is 5.43 Å². The zero-order chi connectivity index (χ0) is 24.1. The number of halogens is 4. The summed E-state index contributed by atoms with van der Waals surface area (Å²) in [6.07, 6.45) is -3.92. The number of carbonyl (C=O) groups is 1. The number of hydrazone groups is 1. The quantitative estimate of drug-likeness (QED) is 0.261. The van der Waals surface area contributed by atoms with E-state index in [4.69, 9.17) is 4.18 Å². The van der Waals surface area contributed by atoms with Crippen LogP contribution in [-0.2, 0) is 27.5 Å². The molecule has 0 fully saturated rings. The molecule has 0 radical (unpaired) electrons. The van der Waals surface area contributed by atoms with E-state index in [1.807, 2.05) is 0 Å². The number of benzene rings is 3. The highest BCUT2D eigenvalue weighted by atomic mass is 79.9. The summed E-state index contributed by atoms with van der Waals surface area (Å²) in [4.78, 5) is 11.6. The Kier molecular flexibility index (Phi) is 7.54. The van der Waals surface area contributed by atoms with Crippen LogP contribution in [0.3, 0.4) is 0 Å². The van der Waals surface area contributed by atoms with Crippen molar-refractivity contribution in [2.45, 2.75) is 17.5 Å². The molecule has 3 aromatic carbocycles. The standard InChI is InChI=1S/C22H16BrF3N2O4S/c23-18-6-4-5-15(11-18)12-21(29)28-27-14-16-13-17(22(24,25)26)9-10-20(16)33(30,31)32-19-7-2-1-3-8-19/h1-11,13-14H,12H2,(H,28,29)/b27-14+. The highest BCUT2D eigenvalue weighted by Crippen LogP contribution is 2.32. The number of carbonyl (C=O) groups excluding carboxylic acids is 1. The zero-order valence-corrected chi connectivity index (χ0v) is 19.1. The van der Waals surface area contributed by atoms with Crippen molar-refractivity contribution in [3.05, 3.63) is 94.0 Å². The van der Waals surface area contributed by atoms with Crippen molar-refractivity contribution in [2.75, 3.05) is 0 Å². The third-order valence-corrected chi connectivity index (χ3v) is 6.02. The maximum absolute atomic E-state index is 13.2. The number of rotatable bonds is 7. The molecule has 0 saturated heterocycles. The lowest BCUT2D eigenvalue weighted by Crippen LogP contribution is -2.20. The van der Waals surface area contributed by atoms with Gasteiger partial charge in [0.15, 0.2) is 0 Å². The SMILES string of the molecule is O=C(Cc1cccc(Br)c1)N/N=C/c1cc(C(F)(F)F)ccc1S(=O)(=O)Oc1ccccc1. The summed E-state index contributed by atoms with van der Waals surface area (Å²) in [5.74, 6) is -0.552. The first-order valence-corrected chi connectivity index (χ1v) is 11.5. The molecule has 0 aliphatic rings. The third-order valence-electron chi connectivity index (χ3n) is 4.20. The van der Waals surface area contributed by atoms with Crippen molar-refractivity contribution in [1.29, 1.82) is 0 Å². The van der Waals surface area contributed by atoms with Crippen molar-refractivity contribution in [3.63, 3.8) is 0 Å². The maximum Gasteiger partial charge on any atom is 0.416 e. The van der Waals surface area contributed by atoms with Crippen LogP contribution in [0.25, 0.3) is 0 Å². The average Bonchev–Trinajstić information content (AvgIpc) is 2.73. The zero-order valence-electron chi connectivity index (χ0n) is 16.7. The molecule has 0 aliphatic carbocycles. The number of nitrogens with zero attached hydrogens (tertiary/aromatic N) is 1. The molecule has 1 N–H and O–H groups in total. The monoisotopic (exact) mass is 540 g/mol. The number of para-hydroxylation sites is 1. The summed E-state index contributed by atoms with van der Waals surface area (Å²) in [6.45, 7) is 0. The van der Waals surface area contributed by atoms with Gasteiger partial charge in [0, 0.05) is 10.0 Å². The van der Waals surface area contributed by atoms with E-state index in [-0.39, 0.29) is 12.2 Å². The molecule has 172 valence electrons. The number of hydrogen-bond donors (Lipinski definition) is 1. The van der Waals surface area contributed by atoms with Crippen LogP contribution in [0, 0.1) is 0 Å². The fourth-order valence-electron chi connectivity index (χ4n) is 2.75. The number of hydrogen-bond acceptors (Lipinski definition) is 5. The van der Waals surface area contributed by atoms with Crippen molar-refractivity contribution >= 4 is 38.2 Å². The highest BCUT2D eigenvalue weighted by molar-refractivity contribution is 9.10. The van der Waals surface area contributed by atoms with Crippen LogP contribution in [0.2, 0.25) is 0 Å². The van der Waals surface area contributed by atoms with E-state index >= 15 is 0 Å². The Balaban J connectivity index is 1.86. The summed E-state index contributed by atoms with van der Waals surface area (Å²) in [6, 6.07) is 16.5. The molecule has 0 heterocycles. The fraction of sp³-hybridized carbons (Fsp3) is 0.0909. The summed E-state index contributed by atoms with van der Waals surface area (Å²) in [5.41, 5.74) is 1.38. The van der Waals surface area contributed by atoms with Crippen LogP contribution in [0.5, 0.6) is 5.75 Å². The predicted molar refractivity (Wildman–Crippen MR) is 119 cm³/mol. The minimum Gasteiger partial charge on any atom is -0.379 e. The molecular weight excluding hydrogens is 525 g/mol. The molecule has 0 unspecified atom stereocenters. The third kappa shape index (κ3) is 6.90. The largest absolute Gasteiger partial charge is 0.416 e. The first kappa shape index (κ1) is 24.5. The summed E-state index contributed by atoms with van der Waals surface area (Å²) >= 11 is 3.29. The second kappa shape index (κ2) is 10.2. The van der Waals surface area contributed by atoms with E-state index in [2.05, 4.69) is 26.5 Å². The van der Waals surface area contributed by atoms with Crippen LogP contribution in [0.4, 0.5) is 13.2 Å². The Morgan fingerprint density at radius 3 is 2.42 bits per heavy atom. The Morgan fingerprint density at radius 1 is 1.03 bits per heavy atom. The van der Waals surface area contributed by atoms with Gasteiger partial charge in [0.1, 0.15) is 10.6 Å². The Bertz CT molecular complexity index is 1280. The van der Waals surface area contributed by atoms with Gasteiger partial charge < -0.3 is 4.18 Å². The minimum absolute atomic E-state index is 0.0115. The Hall–Kier alpha value is -3.18. The summed E-state index contributed by atoms with van der Waals surface area (Å²) < 4.78 is 70.7. The molecule has 1 amide bonds. The average molecular weight is 541 g/mol. The molecule has 11 heteroatoms. The van der Waals surface area contributed by atoms with Crippen LogP contribution in [-0.4, -0.2) is 20.5 Å². The second-order valence-electron chi connectivity index (χ2n) is 6.70. The first-order valence-electron chi connectivity index (χ1n) is 9.32. The van der Waals surface area contributed by atoms with Gasteiger partial charge in [0.05, 0.1) is 18.2 Å². The molecule has 0 bridgehead atoms. The summed E-state index contributed by atoms with van der Waals surface area (Å²) in [5, 5.41) is 3.64. The van der Waals surface area contributed by atoms with Crippen LogP contribution < -0.4 is 9.61 Å². The number of alkyl halides is 3. The molecule has 6 nitrogen and oxygen atoms in total. The molecule has 0 aromatic heterocycles. The Labute approximate surface area is 196 Å². The highest BCUT2D eigenvalue weighted by Gasteiger charge is 2.32. The number of amides is 1. The molecule has 0 atom stereocenters. The normalized spacial score (nSPS) is 12.0. The molecule has 3 rings (SSSR count). The molecule has 0 aliphatic heterocycles. The van der Waals surface area contributed by atoms with Crippen molar-refractivity contribution in [1.82, 2.24) is 5.43 Å². The van der Waals surface area contributed by atoms with Gasteiger partial charge in [0.2, 0.25) is 5.91 Å². The van der Waals surface area contributed by atoms with E-state index in [0.717, 1.165) is 16.8 Å². The molecular formula is C22H16BrF3N2O4S. The van der Waals surface area contributed by atoms with Crippen LogP contribution >= 0.6 is 15.9 Å². The maximum atomic E-state index is 13.2. The van der Waals surface area contributed by atoms with Gasteiger partial charge in [-0.1, -0.05) is 46.3 Å². The van der Waals surface area contributed by atoms with E-state index in [1.165, 1.54) is 12.1 Å². The molecule has 3 aromatic rings. The van der Waals surface area contributed by atoms with Crippen molar-refractivity contribution < 1.29 is 30.6 Å². The lowest BCUT2D eigenvalue weighted by molar-refractivity contribution is -0.137. The van der Waals surface area contributed by atoms with Crippen molar-refractivity contribution in [2.24, 2.45) is 5.10 Å². The molecule has 33 heavy (non-hydrogen) atoms. The topological polar surface area (TPSA) is 84.8 Å². The lowest BCUT2D eigenvalue weighted by atomic mass is 10.1. The van der Waals surface area contributed by atoms with Crippen molar-refractivity contribution in [3.8, 4) is 5.75 Å². The second-order valence-corrected chi connectivity index (χ2v) is 9.13. The first-order chi connectivity index (χ1) is 15.5. The molecule has 0 saturated carbocycles. The van der Waals surface area contributed by atoms with Crippen LogP contribution in [0.1, 0.15) is 16.7 Å². The smallest absolute Gasteiger partial charge is 0.379 e. The van der Waals surface area contributed by atoms with Gasteiger partial charge in [-0.15, -0.1) is 0 Å². The van der Waals surface area contributed by atoms with Gasteiger partial charge in [-0.3, -0.25) is 4.79 Å². The van der Waals surface area contributed by atoms with E-state index in [9.17, 15) is 26.4 Å². The van der Waals surface area contributed by atoms with Gasteiger partial charge >= 0.3 is 16.3 Å². The number of nitrogens with one attached hydrogen (secondary N) is 1. The van der Waals surface area contributed by atoms with E-state index in [1.54, 1.807) is 42.5 Å². The van der Waals surface area contributed by atoms with Gasteiger partial charge in [-0.05, 0) is 48.0 Å². The molecule has 0 spiro atoms. The Morgan fingerprint density at radius 2 is 1.76 bits per heavy atom. The summed E-state index contributed by atoms with van der Waals surface area (Å²) in [7, 11) is -4.49. The van der Waals surface area contributed by atoms with E-state index < -0.39 is 38.2 Å². The lowest BCUT2D eigenvalue weighted by Gasteiger charge is -2.12. The van der Waals surface area contributed by atoms with Crippen LogP contribution in [0.15, 0.2) is 87.3 Å². The van der Waals surface area contributed by atoms with Gasteiger partial charge in [0.25, 0.3) is 0 Å². The predicted octanol–water partition coefficient (Wildman–Crippen LogP) is 4.93.